The van der Waals surface area contributed by atoms with Crippen LogP contribution in [0.15, 0.2) is 16.6 Å². The Hall–Kier alpha value is -0.780. The molecule has 0 aromatic heterocycles. The van der Waals surface area contributed by atoms with E-state index in [0.29, 0.717) is 6.54 Å². The number of nitrogens with one attached hydrogen (secondary N) is 1. The van der Waals surface area contributed by atoms with Gasteiger partial charge in [0.1, 0.15) is 0 Å². The van der Waals surface area contributed by atoms with Crippen LogP contribution in [0.3, 0.4) is 0 Å². The molecule has 0 spiro atoms. The molecule has 3 N–H and O–H groups in total. The molecule has 17 heavy (non-hydrogen) atoms. The standard InChI is InChI=1S/C12H19BrN2O2/c1-16-11-6-9(8-15-5-3-4-14)10(13)7-12(11)17-2/h6-7,15H,3-5,8,14H2,1-2H3. The Balaban J connectivity index is 2.71. The van der Waals surface area contributed by atoms with Gasteiger partial charge in [0, 0.05) is 11.0 Å². The molecule has 0 saturated carbocycles. The molecule has 0 atom stereocenters. The first kappa shape index (κ1) is 14.3. The number of hydrogen-bond acceptors (Lipinski definition) is 4. The number of rotatable bonds is 7. The zero-order valence-corrected chi connectivity index (χ0v) is 11.8. The van der Waals surface area contributed by atoms with Gasteiger partial charge in [0.2, 0.25) is 0 Å². The van der Waals surface area contributed by atoms with Crippen LogP contribution in [0.5, 0.6) is 11.5 Å². The number of hydrogen-bond donors (Lipinski definition) is 2. The van der Waals surface area contributed by atoms with Crippen molar-refractivity contribution in [1.82, 2.24) is 5.32 Å². The Morgan fingerprint density at radius 2 is 1.88 bits per heavy atom. The van der Waals surface area contributed by atoms with Crippen LogP contribution in [0.25, 0.3) is 0 Å². The quantitative estimate of drug-likeness (QED) is 0.756. The van der Waals surface area contributed by atoms with Gasteiger partial charge in [-0.15, -0.1) is 0 Å². The summed E-state index contributed by atoms with van der Waals surface area (Å²) < 4.78 is 11.5. The average Bonchev–Trinajstić information content (AvgIpc) is 2.35. The first-order chi connectivity index (χ1) is 8.22. The van der Waals surface area contributed by atoms with Crippen molar-refractivity contribution in [2.75, 3.05) is 27.3 Å². The minimum Gasteiger partial charge on any atom is -0.493 e. The molecule has 5 heteroatoms. The fourth-order valence-electron chi connectivity index (χ4n) is 1.48. The molecule has 0 unspecified atom stereocenters. The minimum atomic E-state index is 0.708. The minimum absolute atomic E-state index is 0.708. The molecule has 0 radical (unpaired) electrons. The first-order valence-corrected chi connectivity index (χ1v) is 6.33. The van der Waals surface area contributed by atoms with E-state index in [1.54, 1.807) is 14.2 Å². The summed E-state index contributed by atoms with van der Waals surface area (Å²) in [7, 11) is 3.26. The second-order valence-electron chi connectivity index (χ2n) is 3.62. The van der Waals surface area contributed by atoms with E-state index < -0.39 is 0 Å². The molecule has 0 saturated heterocycles. The smallest absolute Gasteiger partial charge is 0.161 e. The van der Waals surface area contributed by atoms with Crippen molar-refractivity contribution in [3.63, 3.8) is 0 Å². The van der Waals surface area contributed by atoms with E-state index in [-0.39, 0.29) is 0 Å². The molecule has 0 fully saturated rings. The number of ether oxygens (including phenoxy) is 2. The van der Waals surface area contributed by atoms with E-state index in [9.17, 15) is 0 Å². The summed E-state index contributed by atoms with van der Waals surface area (Å²) in [4.78, 5) is 0. The first-order valence-electron chi connectivity index (χ1n) is 5.54. The topological polar surface area (TPSA) is 56.5 Å². The molecular weight excluding hydrogens is 284 g/mol. The van der Waals surface area contributed by atoms with Gasteiger partial charge >= 0.3 is 0 Å². The highest BCUT2D eigenvalue weighted by atomic mass is 79.9. The third-order valence-electron chi connectivity index (χ3n) is 2.43. The van der Waals surface area contributed by atoms with Crippen molar-refractivity contribution in [2.45, 2.75) is 13.0 Å². The lowest BCUT2D eigenvalue weighted by Gasteiger charge is -2.12. The SMILES string of the molecule is COc1cc(Br)c(CNCCCN)cc1OC. The van der Waals surface area contributed by atoms with E-state index in [0.717, 1.165) is 41.0 Å². The van der Waals surface area contributed by atoms with Crippen LogP contribution in [0.1, 0.15) is 12.0 Å². The van der Waals surface area contributed by atoms with E-state index in [1.165, 1.54) is 0 Å². The molecular formula is C12H19BrN2O2. The average molecular weight is 303 g/mol. The molecule has 4 nitrogen and oxygen atoms in total. The van der Waals surface area contributed by atoms with E-state index in [1.807, 2.05) is 12.1 Å². The second kappa shape index (κ2) is 7.53. The van der Waals surface area contributed by atoms with Crippen molar-refractivity contribution < 1.29 is 9.47 Å². The van der Waals surface area contributed by atoms with Crippen LogP contribution < -0.4 is 20.5 Å². The Bertz CT molecular complexity index is 359. The maximum Gasteiger partial charge on any atom is 0.161 e. The molecule has 0 aliphatic heterocycles. The van der Waals surface area contributed by atoms with Crippen LogP contribution in [0.4, 0.5) is 0 Å². The van der Waals surface area contributed by atoms with Crippen molar-refractivity contribution in [3.8, 4) is 11.5 Å². The molecule has 1 aromatic carbocycles. The summed E-state index contributed by atoms with van der Waals surface area (Å²) >= 11 is 3.52. The summed E-state index contributed by atoms with van der Waals surface area (Å²) in [5, 5.41) is 3.33. The third kappa shape index (κ3) is 4.18. The summed E-state index contributed by atoms with van der Waals surface area (Å²) in [5.74, 6) is 1.47. The predicted octanol–water partition coefficient (Wildman–Crippen LogP) is 1.90. The van der Waals surface area contributed by atoms with Gasteiger partial charge in [-0.3, -0.25) is 0 Å². The number of nitrogens with two attached hydrogens (primary N) is 1. The zero-order chi connectivity index (χ0) is 12.7. The summed E-state index contributed by atoms with van der Waals surface area (Å²) in [6.45, 7) is 2.40. The fourth-order valence-corrected chi connectivity index (χ4v) is 1.94. The van der Waals surface area contributed by atoms with Gasteiger partial charge < -0.3 is 20.5 Å². The van der Waals surface area contributed by atoms with Crippen LogP contribution >= 0.6 is 15.9 Å². The molecule has 0 aliphatic carbocycles. The lowest BCUT2D eigenvalue weighted by Crippen LogP contribution is -2.18. The van der Waals surface area contributed by atoms with Gasteiger partial charge in [0.05, 0.1) is 14.2 Å². The number of methoxy groups -OCH3 is 2. The van der Waals surface area contributed by atoms with Crippen molar-refractivity contribution >= 4 is 15.9 Å². The Kier molecular flexibility index (Phi) is 6.32. The van der Waals surface area contributed by atoms with Crippen LogP contribution in [-0.4, -0.2) is 27.3 Å². The van der Waals surface area contributed by atoms with Crippen LogP contribution in [0.2, 0.25) is 0 Å². The van der Waals surface area contributed by atoms with Crippen LogP contribution in [-0.2, 0) is 6.54 Å². The Labute approximate surface area is 111 Å². The molecule has 1 rings (SSSR count). The fraction of sp³-hybridized carbons (Fsp3) is 0.500. The highest BCUT2D eigenvalue weighted by molar-refractivity contribution is 9.10. The summed E-state index contributed by atoms with van der Waals surface area (Å²) in [5.41, 5.74) is 6.57. The van der Waals surface area contributed by atoms with E-state index in [2.05, 4.69) is 21.2 Å². The maximum atomic E-state index is 5.44. The lowest BCUT2D eigenvalue weighted by molar-refractivity contribution is 0.354. The largest absolute Gasteiger partial charge is 0.493 e. The molecule has 0 bridgehead atoms. The molecule has 0 amide bonds. The van der Waals surface area contributed by atoms with Crippen LogP contribution in [0, 0.1) is 0 Å². The van der Waals surface area contributed by atoms with Crippen molar-refractivity contribution in [1.29, 1.82) is 0 Å². The van der Waals surface area contributed by atoms with Gasteiger partial charge in [0.15, 0.2) is 11.5 Å². The van der Waals surface area contributed by atoms with Crippen molar-refractivity contribution in [3.05, 3.63) is 22.2 Å². The van der Waals surface area contributed by atoms with Gasteiger partial charge in [0.25, 0.3) is 0 Å². The number of benzene rings is 1. The van der Waals surface area contributed by atoms with Gasteiger partial charge in [-0.1, -0.05) is 15.9 Å². The third-order valence-corrected chi connectivity index (χ3v) is 3.16. The number of halogens is 1. The summed E-state index contributed by atoms with van der Waals surface area (Å²) in [6, 6.07) is 3.89. The Morgan fingerprint density at radius 1 is 1.24 bits per heavy atom. The molecule has 1 aromatic rings. The predicted molar refractivity (Wildman–Crippen MR) is 72.6 cm³/mol. The van der Waals surface area contributed by atoms with Gasteiger partial charge in [-0.25, -0.2) is 0 Å². The summed E-state index contributed by atoms with van der Waals surface area (Å²) in [6.07, 6.45) is 0.977. The lowest BCUT2D eigenvalue weighted by atomic mass is 10.2. The highest BCUT2D eigenvalue weighted by Gasteiger charge is 2.08. The zero-order valence-electron chi connectivity index (χ0n) is 10.3. The van der Waals surface area contributed by atoms with Gasteiger partial charge in [-0.05, 0) is 37.2 Å². The van der Waals surface area contributed by atoms with Crippen molar-refractivity contribution in [2.24, 2.45) is 5.73 Å². The van der Waals surface area contributed by atoms with E-state index in [4.69, 9.17) is 15.2 Å². The monoisotopic (exact) mass is 302 g/mol. The normalized spacial score (nSPS) is 10.4. The second-order valence-corrected chi connectivity index (χ2v) is 4.47. The van der Waals surface area contributed by atoms with E-state index >= 15 is 0 Å². The molecule has 0 aliphatic rings. The highest BCUT2D eigenvalue weighted by Crippen LogP contribution is 2.33. The molecule has 96 valence electrons. The maximum absolute atomic E-state index is 5.44. The van der Waals surface area contributed by atoms with Gasteiger partial charge in [-0.2, -0.15) is 0 Å². The Morgan fingerprint density at radius 3 is 2.47 bits per heavy atom. The molecule has 0 heterocycles.